The molecule has 1 aliphatic heterocycles. The summed E-state index contributed by atoms with van der Waals surface area (Å²) in [6, 6.07) is 1.30. The third kappa shape index (κ3) is 5.54. The van der Waals surface area contributed by atoms with E-state index in [0.717, 1.165) is 12.8 Å². The number of likely N-dealkylation sites (N-methyl/N-ethyl adjacent to an activating group) is 1. The maximum atomic E-state index is 13.3. The van der Waals surface area contributed by atoms with E-state index in [2.05, 4.69) is 16.8 Å². The van der Waals surface area contributed by atoms with Crippen molar-refractivity contribution in [2.24, 2.45) is 11.8 Å². The maximum absolute atomic E-state index is 13.3. The van der Waals surface area contributed by atoms with Crippen molar-refractivity contribution in [3.05, 3.63) is 23.4 Å². The molecule has 0 saturated heterocycles. The average molecular weight is 430 g/mol. The molecule has 3 atom stereocenters. The van der Waals surface area contributed by atoms with E-state index < -0.39 is 0 Å². The lowest BCUT2D eigenvalue weighted by molar-refractivity contribution is -0.132. The van der Waals surface area contributed by atoms with Gasteiger partial charge in [0.05, 0.1) is 19.2 Å². The van der Waals surface area contributed by atoms with Gasteiger partial charge < -0.3 is 24.4 Å². The van der Waals surface area contributed by atoms with Crippen LogP contribution in [0.3, 0.4) is 0 Å². The van der Waals surface area contributed by atoms with Crippen molar-refractivity contribution in [1.29, 1.82) is 0 Å². The molecule has 1 aliphatic carbocycles. The van der Waals surface area contributed by atoms with Crippen LogP contribution in [0.15, 0.2) is 12.3 Å². The van der Waals surface area contributed by atoms with E-state index in [-0.39, 0.29) is 54.9 Å². The lowest BCUT2D eigenvalue weighted by Crippen LogP contribution is -2.50. The molecule has 1 saturated carbocycles. The van der Waals surface area contributed by atoms with Crippen LogP contribution in [0, 0.1) is 23.7 Å². The van der Waals surface area contributed by atoms with Crippen LogP contribution in [0.2, 0.25) is 0 Å². The van der Waals surface area contributed by atoms with Crippen molar-refractivity contribution in [2.45, 2.75) is 38.8 Å². The van der Waals surface area contributed by atoms with Gasteiger partial charge >= 0.3 is 0 Å². The minimum Gasteiger partial charge on any atom is -0.472 e. The third-order valence-corrected chi connectivity index (χ3v) is 5.73. The molecule has 1 aromatic heterocycles. The monoisotopic (exact) mass is 429 g/mol. The molecule has 1 aromatic rings. The van der Waals surface area contributed by atoms with Crippen molar-refractivity contribution in [1.82, 2.24) is 14.8 Å². The Morgan fingerprint density at radius 1 is 1.48 bits per heavy atom. The van der Waals surface area contributed by atoms with Gasteiger partial charge in [0.15, 0.2) is 0 Å². The molecule has 3 rings (SSSR count). The lowest BCUT2D eigenvalue weighted by Gasteiger charge is -2.37. The molecule has 0 aromatic carbocycles. The van der Waals surface area contributed by atoms with E-state index in [1.54, 1.807) is 43.1 Å². The Bertz CT molecular complexity index is 874. The zero-order valence-corrected chi connectivity index (χ0v) is 18.6. The molecule has 0 unspecified atom stereocenters. The van der Waals surface area contributed by atoms with Gasteiger partial charge in [-0.15, -0.1) is 0 Å². The summed E-state index contributed by atoms with van der Waals surface area (Å²) in [4.78, 5) is 33.5. The van der Waals surface area contributed by atoms with Gasteiger partial charge in [-0.1, -0.05) is 18.8 Å². The van der Waals surface area contributed by atoms with Gasteiger partial charge in [0, 0.05) is 44.3 Å². The number of fused-ring (bicyclic) bond motifs is 1. The van der Waals surface area contributed by atoms with Crippen molar-refractivity contribution in [3.63, 3.8) is 0 Å². The average Bonchev–Trinajstić information content (AvgIpc) is 3.61. The maximum Gasteiger partial charge on any atom is 0.259 e. The number of rotatable bonds is 6. The van der Waals surface area contributed by atoms with Crippen molar-refractivity contribution in [2.75, 3.05) is 40.5 Å². The topological polar surface area (TPSA) is 92.2 Å². The first-order valence-electron chi connectivity index (χ1n) is 10.7. The summed E-state index contributed by atoms with van der Waals surface area (Å²) < 4.78 is 11.1. The molecule has 2 heterocycles. The van der Waals surface area contributed by atoms with Crippen LogP contribution in [0.1, 0.15) is 42.6 Å². The number of carbonyl (C=O) groups is 2. The first-order chi connectivity index (χ1) is 14.8. The summed E-state index contributed by atoms with van der Waals surface area (Å²) in [5, 5.41) is 9.72. The second-order valence-corrected chi connectivity index (χ2v) is 8.43. The summed E-state index contributed by atoms with van der Waals surface area (Å²) in [6.07, 6.45) is 3.11. The largest absolute Gasteiger partial charge is 0.472 e. The molecule has 2 aliphatic rings. The summed E-state index contributed by atoms with van der Waals surface area (Å²) in [5.74, 6) is 5.94. The first-order valence-corrected chi connectivity index (χ1v) is 10.7. The SMILES string of the molecule is COCC#Cc1cnc2c(c1)C(=O)N([C@@H](C)CO)C[C@H](C)[C@@H](CN(C)C(=O)C1CC1)O2. The fourth-order valence-corrected chi connectivity index (χ4v) is 3.60. The van der Waals surface area contributed by atoms with E-state index in [1.807, 2.05) is 6.92 Å². The van der Waals surface area contributed by atoms with Crippen LogP contribution >= 0.6 is 0 Å². The fourth-order valence-electron chi connectivity index (χ4n) is 3.60. The fraction of sp³-hybridized carbons (Fsp3) is 0.609. The number of aliphatic hydroxyl groups is 1. The first kappa shape index (κ1) is 23.0. The van der Waals surface area contributed by atoms with Crippen molar-refractivity contribution >= 4 is 11.8 Å². The number of aliphatic hydroxyl groups excluding tert-OH is 1. The Labute approximate surface area is 183 Å². The summed E-state index contributed by atoms with van der Waals surface area (Å²) in [7, 11) is 3.35. The van der Waals surface area contributed by atoms with Crippen molar-refractivity contribution in [3.8, 4) is 17.7 Å². The minimum atomic E-state index is -0.365. The van der Waals surface area contributed by atoms with Gasteiger partial charge in [-0.2, -0.15) is 0 Å². The van der Waals surface area contributed by atoms with Crippen LogP contribution < -0.4 is 4.74 Å². The molecular weight excluding hydrogens is 398 g/mol. The Kier molecular flexibility index (Phi) is 7.52. The number of hydrogen-bond acceptors (Lipinski definition) is 6. The number of amides is 2. The van der Waals surface area contributed by atoms with Crippen LogP contribution in [-0.2, 0) is 9.53 Å². The van der Waals surface area contributed by atoms with E-state index in [9.17, 15) is 14.7 Å². The minimum absolute atomic E-state index is 0.0662. The normalized spacial score (nSPS) is 21.7. The number of pyridine rings is 1. The molecule has 8 heteroatoms. The smallest absolute Gasteiger partial charge is 0.259 e. The highest BCUT2D eigenvalue weighted by molar-refractivity contribution is 5.97. The Balaban J connectivity index is 1.93. The van der Waals surface area contributed by atoms with Crippen molar-refractivity contribution < 1.29 is 24.2 Å². The van der Waals surface area contributed by atoms with Crippen LogP contribution in [-0.4, -0.2) is 84.3 Å². The molecular formula is C23H31N3O5. The van der Waals surface area contributed by atoms with Gasteiger partial charge in [0.25, 0.3) is 5.91 Å². The Hall–Kier alpha value is -2.63. The highest BCUT2D eigenvalue weighted by Crippen LogP contribution is 2.32. The van der Waals surface area contributed by atoms with Crippen LogP contribution in [0.5, 0.6) is 5.88 Å². The molecule has 31 heavy (non-hydrogen) atoms. The number of aromatic nitrogens is 1. The summed E-state index contributed by atoms with van der Waals surface area (Å²) in [6.45, 7) is 4.72. The van der Waals surface area contributed by atoms with Gasteiger partial charge in [0.1, 0.15) is 18.3 Å². The van der Waals surface area contributed by atoms with E-state index in [0.29, 0.717) is 24.2 Å². The Morgan fingerprint density at radius 3 is 2.87 bits per heavy atom. The number of methoxy groups -OCH3 is 1. The molecule has 1 N–H and O–H groups in total. The molecule has 0 spiro atoms. The molecule has 168 valence electrons. The molecule has 2 amide bonds. The zero-order chi connectivity index (χ0) is 22.5. The van der Waals surface area contributed by atoms with E-state index in [1.165, 1.54) is 0 Å². The predicted molar refractivity (Wildman–Crippen MR) is 115 cm³/mol. The second kappa shape index (κ2) is 10.1. The third-order valence-electron chi connectivity index (χ3n) is 5.73. The van der Waals surface area contributed by atoms with Crippen LogP contribution in [0.4, 0.5) is 0 Å². The quantitative estimate of drug-likeness (QED) is 0.683. The summed E-state index contributed by atoms with van der Waals surface area (Å²) >= 11 is 0. The van der Waals surface area contributed by atoms with E-state index >= 15 is 0 Å². The number of nitrogens with zero attached hydrogens (tertiary/aromatic N) is 3. The predicted octanol–water partition coefficient (Wildman–Crippen LogP) is 1.17. The molecule has 0 radical (unpaired) electrons. The van der Waals surface area contributed by atoms with Gasteiger partial charge in [-0.25, -0.2) is 4.98 Å². The lowest BCUT2D eigenvalue weighted by atomic mass is 9.99. The van der Waals surface area contributed by atoms with Gasteiger partial charge in [-0.05, 0) is 25.8 Å². The number of hydrogen-bond donors (Lipinski definition) is 1. The molecule has 1 fully saturated rings. The molecule has 0 bridgehead atoms. The number of carbonyl (C=O) groups excluding carboxylic acids is 2. The van der Waals surface area contributed by atoms with Crippen LogP contribution in [0.25, 0.3) is 0 Å². The van der Waals surface area contributed by atoms with E-state index in [4.69, 9.17) is 9.47 Å². The Morgan fingerprint density at radius 2 is 2.23 bits per heavy atom. The zero-order valence-electron chi connectivity index (χ0n) is 18.6. The molecule has 8 nitrogen and oxygen atoms in total. The van der Waals surface area contributed by atoms with Gasteiger partial charge in [0.2, 0.25) is 11.8 Å². The standard InChI is InChI=1S/C23H31N3O5/c1-15-12-26(16(2)14-27)23(29)19-10-17(6-5-9-30-4)11-24-21(19)31-20(15)13-25(3)22(28)18-7-8-18/h10-11,15-16,18,20,27H,7-9,12-14H2,1-4H3/t15-,16-,20+/m0/s1. The van der Waals surface area contributed by atoms with Gasteiger partial charge in [-0.3, -0.25) is 9.59 Å². The second-order valence-electron chi connectivity index (χ2n) is 8.43. The summed E-state index contributed by atoms with van der Waals surface area (Å²) in [5.41, 5.74) is 0.883. The number of ether oxygens (including phenoxy) is 2. The highest BCUT2D eigenvalue weighted by atomic mass is 16.5. The highest BCUT2D eigenvalue weighted by Gasteiger charge is 2.37.